The fourth-order valence-electron chi connectivity index (χ4n) is 1.45. The summed E-state index contributed by atoms with van der Waals surface area (Å²) in [5.41, 5.74) is 0. The van der Waals surface area contributed by atoms with E-state index in [2.05, 4.69) is 29.8 Å². The molecule has 0 radical (unpaired) electrons. The molecule has 13 heavy (non-hydrogen) atoms. The van der Waals surface area contributed by atoms with Crippen LogP contribution in [0.1, 0.15) is 39.5 Å². The van der Waals surface area contributed by atoms with Crippen LogP contribution in [0.4, 0.5) is 0 Å². The number of methoxy groups -OCH3 is 2. The average molecular weight is 253 g/mol. The third-order valence-corrected chi connectivity index (χ3v) is 3.72. The summed E-state index contributed by atoms with van der Waals surface area (Å²) < 4.78 is 10.5. The first-order valence-electron chi connectivity index (χ1n) is 4.89. The molecule has 0 amide bonds. The second-order valence-electron chi connectivity index (χ2n) is 3.30. The van der Waals surface area contributed by atoms with Crippen molar-refractivity contribution in [2.24, 2.45) is 0 Å². The van der Waals surface area contributed by atoms with Gasteiger partial charge in [-0.2, -0.15) is 0 Å². The number of ether oxygens (including phenoxy) is 2. The van der Waals surface area contributed by atoms with E-state index in [1.807, 2.05) is 0 Å². The zero-order valence-electron chi connectivity index (χ0n) is 9.10. The molecule has 0 aromatic heterocycles. The summed E-state index contributed by atoms with van der Waals surface area (Å²) in [7, 11) is 3.37. The zero-order valence-corrected chi connectivity index (χ0v) is 10.7. The molecule has 1 atom stereocenters. The Morgan fingerprint density at radius 1 is 1.23 bits per heavy atom. The van der Waals surface area contributed by atoms with Crippen LogP contribution in [-0.2, 0) is 9.47 Å². The maximum atomic E-state index is 5.28. The van der Waals surface area contributed by atoms with Crippen LogP contribution in [0, 0.1) is 0 Å². The van der Waals surface area contributed by atoms with Gasteiger partial charge in [-0.3, -0.25) is 0 Å². The lowest BCUT2D eigenvalue weighted by molar-refractivity contribution is -0.125. The molecule has 0 bridgehead atoms. The lowest BCUT2D eigenvalue weighted by Crippen LogP contribution is -2.38. The van der Waals surface area contributed by atoms with Gasteiger partial charge < -0.3 is 9.47 Å². The maximum absolute atomic E-state index is 5.28. The van der Waals surface area contributed by atoms with Crippen molar-refractivity contribution < 1.29 is 9.47 Å². The number of hydrogen-bond donors (Lipinski definition) is 0. The standard InChI is InChI=1S/C10H21BrO2/c1-5-7-8-10(11,6-2)9(12-3)13-4/h9H,5-8H2,1-4H3. The van der Waals surface area contributed by atoms with Crippen LogP contribution in [-0.4, -0.2) is 24.8 Å². The Kier molecular flexibility index (Phi) is 7.00. The van der Waals surface area contributed by atoms with Crippen LogP contribution in [0.15, 0.2) is 0 Å². The summed E-state index contributed by atoms with van der Waals surface area (Å²) in [6.45, 7) is 4.34. The summed E-state index contributed by atoms with van der Waals surface area (Å²) >= 11 is 3.72. The molecule has 0 N–H and O–H groups in total. The molecule has 0 aliphatic heterocycles. The van der Waals surface area contributed by atoms with E-state index >= 15 is 0 Å². The fraction of sp³-hybridized carbons (Fsp3) is 1.00. The number of halogens is 1. The minimum Gasteiger partial charge on any atom is -0.354 e. The molecule has 0 aliphatic carbocycles. The lowest BCUT2D eigenvalue weighted by atomic mass is 9.98. The molecule has 0 aromatic rings. The first-order valence-corrected chi connectivity index (χ1v) is 5.68. The molecule has 0 aromatic carbocycles. The molecule has 0 saturated carbocycles. The van der Waals surface area contributed by atoms with Crippen LogP contribution >= 0.6 is 15.9 Å². The average Bonchev–Trinajstić information content (AvgIpc) is 2.16. The van der Waals surface area contributed by atoms with E-state index in [9.17, 15) is 0 Å². The van der Waals surface area contributed by atoms with Gasteiger partial charge in [0.2, 0.25) is 0 Å². The minimum absolute atomic E-state index is 0.0213. The van der Waals surface area contributed by atoms with Gasteiger partial charge in [-0.25, -0.2) is 0 Å². The molecule has 0 spiro atoms. The summed E-state index contributed by atoms with van der Waals surface area (Å²) in [5.74, 6) is 0. The zero-order chi connectivity index (χ0) is 10.3. The van der Waals surface area contributed by atoms with E-state index in [1.165, 1.54) is 12.8 Å². The highest BCUT2D eigenvalue weighted by molar-refractivity contribution is 9.10. The van der Waals surface area contributed by atoms with E-state index in [-0.39, 0.29) is 10.6 Å². The first kappa shape index (κ1) is 13.4. The second kappa shape index (κ2) is 6.80. The van der Waals surface area contributed by atoms with Gasteiger partial charge in [0.05, 0.1) is 4.32 Å². The Bertz CT molecular complexity index is 126. The van der Waals surface area contributed by atoms with Crippen molar-refractivity contribution in [1.29, 1.82) is 0 Å². The van der Waals surface area contributed by atoms with E-state index in [0.717, 1.165) is 12.8 Å². The molecule has 1 unspecified atom stereocenters. The van der Waals surface area contributed by atoms with Crippen LogP contribution in [0.5, 0.6) is 0 Å². The fourth-order valence-corrected chi connectivity index (χ4v) is 2.10. The highest BCUT2D eigenvalue weighted by atomic mass is 79.9. The summed E-state index contributed by atoms with van der Waals surface area (Å²) in [5, 5.41) is 0. The van der Waals surface area contributed by atoms with E-state index < -0.39 is 0 Å². The summed E-state index contributed by atoms with van der Waals surface area (Å²) in [6.07, 6.45) is 4.35. The van der Waals surface area contributed by atoms with Gasteiger partial charge in [0.15, 0.2) is 6.29 Å². The van der Waals surface area contributed by atoms with E-state index in [4.69, 9.17) is 9.47 Å². The number of unbranched alkanes of at least 4 members (excludes halogenated alkanes) is 1. The molecule has 80 valence electrons. The second-order valence-corrected chi connectivity index (χ2v) is 4.87. The minimum atomic E-state index is -0.149. The van der Waals surface area contributed by atoms with Crippen LogP contribution < -0.4 is 0 Å². The van der Waals surface area contributed by atoms with Crippen molar-refractivity contribution in [3.8, 4) is 0 Å². The van der Waals surface area contributed by atoms with Crippen molar-refractivity contribution in [3.05, 3.63) is 0 Å². The van der Waals surface area contributed by atoms with Gasteiger partial charge in [-0.15, -0.1) is 0 Å². The maximum Gasteiger partial charge on any atom is 0.171 e. The SMILES string of the molecule is CCCCC(Br)(CC)C(OC)OC. The van der Waals surface area contributed by atoms with Gasteiger partial charge >= 0.3 is 0 Å². The number of alkyl halides is 1. The Hall–Kier alpha value is 0.400. The first-order chi connectivity index (χ1) is 6.14. The third-order valence-electron chi connectivity index (χ3n) is 2.38. The normalized spacial score (nSPS) is 16.2. The van der Waals surface area contributed by atoms with Crippen LogP contribution in [0.3, 0.4) is 0 Å². The molecule has 0 saturated heterocycles. The monoisotopic (exact) mass is 252 g/mol. The van der Waals surface area contributed by atoms with Crippen molar-refractivity contribution in [2.45, 2.75) is 50.1 Å². The molecule has 3 heteroatoms. The third kappa shape index (κ3) is 3.96. The Labute approximate surface area is 90.1 Å². The lowest BCUT2D eigenvalue weighted by Gasteiger charge is -2.32. The predicted molar refractivity (Wildman–Crippen MR) is 59.3 cm³/mol. The largest absolute Gasteiger partial charge is 0.354 e. The number of hydrogen-bond acceptors (Lipinski definition) is 2. The van der Waals surface area contributed by atoms with Gasteiger partial charge in [-0.05, 0) is 12.8 Å². The molecule has 0 rings (SSSR count). The van der Waals surface area contributed by atoms with Gasteiger partial charge in [0, 0.05) is 14.2 Å². The highest BCUT2D eigenvalue weighted by Gasteiger charge is 2.34. The van der Waals surface area contributed by atoms with E-state index in [1.54, 1.807) is 14.2 Å². The summed E-state index contributed by atoms with van der Waals surface area (Å²) in [4.78, 5) is 0. The smallest absolute Gasteiger partial charge is 0.171 e. The predicted octanol–water partition coefficient (Wildman–Crippen LogP) is 3.34. The van der Waals surface area contributed by atoms with Gasteiger partial charge in [0.1, 0.15) is 0 Å². The molecule has 0 fully saturated rings. The van der Waals surface area contributed by atoms with Crippen LogP contribution in [0.25, 0.3) is 0 Å². The van der Waals surface area contributed by atoms with Crippen molar-refractivity contribution in [3.63, 3.8) is 0 Å². The summed E-state index contributed by atoms with van der Waals surface area (Å²) in [6, 6.07) is 0. The highest BCUT2D eigenvalue weighted by Crippen LogP contribution is 2.34. The molecular formula is C10H21BrO2. The molecular weight excluding hydrogens is 232 g/mol. The van der Waals surface area contributed by atoms with Crippen molar-refractivity contribution in [2.75, 3.05) is 14.2 Å². The Morgan fingerprint density at radius 2 is 1.77 bits per heavy atom. The number of rotatable bonds is 7. The topological polar surface area (TPSA) is 18.5 Å². The Balaban J connectivity index is 4.21. The van der Waals surface area contributed by atoms with E-state index in [0.29, 0.717) is 0 Å². The van der Waals surface area contributed by atoms with Gasteiger partial charge in [-0.1, -0.05) is 42.6 Å². The van der Waals surface area contributed by atoms with Crippen molar-refractivity contribution in [1.82, 2.24) is 0 Å². The Morgan fingerprint density at radius 3 is 2.08 bits per heavy atom. The van der Waals surface area contributed by atoms with Gasteiger partial charge in [0.25, 0.3) is 0 Å². The van der Waals surface area contributed by atoms with Crippen molar-refractivity contribution >= 4 is 15.9 Å². The molecule has 2 nitrogen and oxygen atoms in total. The molecule has 0 aliphatic rings. The van der Waals surface area contributed by atoms with Crippen LogP contribution in [0.2, 0.25) is 0 Å². The quantitative estimate of drug-likeness (QED) is 0.511. The molecule has 0 heterocycles.